The third kappa shape index (κ3) is 3.85. The number of rotatable bonds is 5. The molecule has 6 heteroatoms. The minimum Gasteiger partial charge on any atom is -0.491 e. The van der Waals surface area contributed by atoms with E-state index in [2.05, 4.69) is 5.32 Å². The Bertz CT molecular complexity index is 487. The predicted octanol–water partition coefficient (Wildman–Crippen LogP) is 1.26. The molecule has 1 saturated heterocycles. The molecule has 1 aromatic carbocycles. The van der Waals surface area contributed by atoms with Gasteiger partial charge in [0.2, 0.25) is 5.91 Å². The van der Waals surface area contributed by atoms with Gasteiger partial charge >= 0.3 is 0 Å². The van der Waals surface area contributed by atoms with Gasteiger partial charge in [0.05, 0.1) is 13.0 Å². The molecule has 0 aliphatic carbocycles. The van der Waals surface area contributed by atoms with Crippen LogP contribution in [0.2, 0.25) is 5.02 Å². The summed E-state index contributed by atoms with van der Waals surface area (Å²) >= 11 is 5.97. The maximum atomic E-state index is 11.2. The van der Waals surface area contributed by atoms with Crippen molar-refractivity contribution in [2.45, 2.75) is 18.9 Å². The monoisotopic (exact) mass is 298 g/mol. The number of primary amides is 1. The van der Waals surface area contributed by atoms with E-state index in [9.17, 15) is 4.79 Å². The summed E-state index contributed by atoms with van der Waals surface area (Å²) in [6, 6.07) is 5.44. The van der Waals surface area contributed by atoms with Gasteiger partial charge in [-0.25, -0.2) is 0 Å². The number of ether oxygens (including phenoxy) is 2. The second-order valence-electron chi connectivity index (χ2n) is 5.05. The quantitative estimate of drug-likeness (QED) is 0.858. The van der Waals surface area contributed by atoms with Crippen LogP contribution in [-0.4, -0.2) is 37.8 Å². The van der Waals surface area contributed by atoms with Gasteiger partial charge in [0.1, 0.15) is 18.0 Å². The normalized spacial score (nSPS) is 22.5. The van der Waals surface area contributed by atoms with Crippen LogP contribution in [0, 0.1) is 6.92 Å². The number of amides is 1. The van der Waals surface area contributed by atoms with Gasteiger partial charge in [-0.3, -0.25) is 4.79 Å². The van der Waals surface area contributed by atoms with Crippen molar-refractivity contribution in [2.75, 3.05) is 26.3 Å². The van der Waals surface area contributed by atoms with Gasteiger partial charge in [0, 0.05) is 18.1 Å². The van der Waals surface area contributed by atoms with E-state index in [0.717, 1.165) is 12.1 Å². The largest absolute Gasteiger partial charge is 0.491 e. The molecule has 5 nitrogen and oxygen atoms in total. The molecule has 1 fully saturated rings. The van der Waals surface area contributed by atoms with Crippen molar-refractivity contribution in [1.29, 1.82) is 0 Å². The van der Waals surface area contributed by atoms with E-state index in [-0.39, 0.29) is 13.0 Å². The van der Waals surface area contributed by atoms with Crippen molar-refractivity contribution in [3.63, 3.8) is 0 Å². The number of nitrogens with two attached hydrogens (primary N) is 1. The number of hydrogen-bond donors (Lipinski definition) is 2. The van der Waals surface area contributed by atoms with Gasteiger partial charge in [-0.05, 0) is 30.7 Å². The van der Waals surface area contributed by atoms with Crippen molar-refractivity contribution >= 4 is 17.5 Å². The molecule has 20 heavy (non-hydrogen) atoms. The van der Waals surface area contributed by atoms with Crippen LogP contribution in [0.5, 0.6) is 5.75 Å². The molecule has 0 unspecified atom stereocenters. The highest BCUT2D eigenvalue weighted by molar-refractivity contribution is 6.31. The predicted molar refractivity (Wildman–Crippen MR) is 77.0 cm³/mol. The molecule has 2 rings (SSSR count). The van der Waals surface area contributed by atoms with E-state index in [1.165, 1.54) is 0 Å². The van der Waals surface area contributed by atoms with Crippen molar-refractivity contribution in [2.24, 2.45) is 5.73 Å². The van der Waals surface area contributed by atoms with Crippen LogP contribution in [0.3, 0.4) is 0 Å². The van der Waals surface area contributed by atoms with Crippen molar-refractivity contribution in [3.05, 3.63) is 28.8 Å². The molecule has 1 atom stereocenters. The van der Waals surface area contributed by atoms with Crippen LogP contribution in [-0.2, 0) is 9.53 Å². The third-order valence-electron chi connectivity index (χ3n) is 3.26. The van der Waals surface area contributed by atoms with Crippen molar-refractivity contribution in [1.82, 2.24) is 5.32 Å². The molecular weight excluding hydrogens is 280 g/mol. The zero-order chi connectivity index (χ0) is 14.6. The van der Waals surface area contributed by atoms with E-state index in [1.807, 2.05) is 13.0 Å². The summed E-state index contributed by atoms with van der Waals surface area (Å²) < 4.78 is 11.5. The highest BCUT2D eigenvalue weighted by Gasteiger charge is 2.36. The molecule has 110 valence electrons. The smallest absolute Gasteiger partial charge is 0.220 e. The van der Waals surface area contributed by atoms with Gasteiger partial charge in [0.25, 0.3) is 0 Å². The number of hydrogen-bond acceptors (Lipinski definition) is 4. The number of halogens is 1. The van der Waals surface area contributed by atoms with Gasteiger partial charge in [-0.1, -0.05) is 11.6 Å². The van der Waals surface area contributed by atoms with E-state index in [4.69, 9.17) is 26.8 Å². The Morgan fingerprint density at radius 1 is 1.60 bits per heavy atom. The fourth-order valence-electron chi connectivity index (χ4n) is 2.20. The molecular formula is C14H19ClN2O3. The molecule has 0 spiro atoms. The first-order valence-electron chi connectivity index (χ1n) is 6.53. The zero-order valence-electron chi connectivity index (χ0n) is 11.4. The number of aryl methyl sites for hydroxylation is 1. The summed E-state index contributed by atoms with van der Waals surface area (Å²) in [6.07, 6.45) is 0.132. The Hall–Kier alpha value is -1.30. The number of carbonyl (C=O) groups excluding carboxylic acids is 1. The van der Waals surface area contributed by atoms with Crippen molar-refractivity contribution < 1.29 is 14.3 Å². The fourth-order valence-corrected chi connectivity index (χ4v) is 2.32. The third-order valence-corrected chi connectivity index (χ3v) is 3.69. The summed E-state index contributed by atoms with van der Waals surface area (Å²) in [5, 5.41) is 3.90. The van der Waals surface area contributed by atoms with E-state index in [1.54, 1.807) is 12.1 Å². The minimum atomic E-state index is -0.697. The van der Waals surface area contributed by atoms with Crippen LogP contribution < -0.4 is 15.8 Å². The molecule has 1 aliphatic heterocycles. The maximum absolute atomic E-state index is 11.2. The molecule has 3 N–H and O–H groups in total. The van der Waals surface area contributed by atoms with Gasteiger partial charge < -0.3 is 20.5 Å². The lowest BCUT2D eigenvalue weighted by Crippen LogP contribution is -2.55. The standard InChI is InChI=1S/C14H19ClN2O3/c1-10-6-11(2-3-12(10)15)19-9-14(7-13(16)18)8-17-4-5-20-14/h2-3,6,17H,4-5,7-9H2,1H3,(H2,16,18)/t14-/m1/s1. The van der Waals surface area contributed by atoms with Crippen LogP contribution in [0.4, 0.5) is 0 Å². The summed E-state index contributed by atoms with van der Waals surface area (Å²) in [4.78, 5) is 11.2. The molecule has 1 heterocycles. The average Bonchev–Trinajstić information content (AvgIpc) is 2.40. The van der Waals surface area contributed by atoms with Gasteiger partial charge in [-0.15, -0.1) is 0 Å². The Labute approximate surface area is 123 Å². The second-order valence-corrected chi connectivity index (χ2v) is 5.46. The Kier molecular flexibility index (Phi) is 4.86. The number of carbonyl (C=O) groups is 1. The first-order valence-corrected chi connectivity index (χ1v) is 6.90. The zero-order valence-corrected chi connectivity index (χ0v) is 12.2. The van der Waals surface area contributed by atoms with Crippen molar-refractivity contribution in [3.8, 4) is 5.75 Å². The van der Waals surface area contributed by atoms with Crippen LogP contribution in [0.25, 0.3) is 0 Å². The number of benzene rings is 1. The highest BCUT2D eigenvalue weighted by Crippen LogP contribution is 2.24. The second kappa shape index (κ2) is 6.43. The number of morpholine rings is 1. The maximum Gasteiger partial charge on any atom is 0.220 e. The molecule has 1 amide bonds. The summed E-state index contributed by atoms with van der Waals surface area (Å²) in [5.41, 5.74) is 5.55. The lowest BCUT2D eigenvalue weighted by atomic mass is 9.98. The minimum absolute atomic E-state index is 0.132. The van der Waals surface area contributed by atoms with Crippen LogP contribution >= 0.6 is 11.6 Å². The van der Waals surface area contributed by atoms with E-state index in [0.29, 0.717) is 23.9 Å². The first kappa shape index (κ1) is 15.1. The van der Waals surface area contributed by atoms with E-state index < -0.39 is 11.5 Å². The van der Waals surface area contributed by atoms with Gasteiger partial charge in [-0.2, -0.15) is 0 Å². The van der Waals surface area contributed by atoms with Gasteiger partial charge in [0.15, 0.2) is 0 Å². The van der Waals surface area contributed by atoms with E-state index >= 15 is 0 Å². The lowest BCUT2D eigenvalue weighted by Gasteiger charge is -2.36. The fraction of sp³-hybridized carbons (Fsp3) is 0.500. The average molecular weight is 299 g/mol. The molecule has 1 aliphatic rings. The topological polar surface area (TPSA) is 73.6 Å². The molecule has 0 radical (unpaired) electrons. The summed E-state index contributed by atoms with van der Waals surface area (Å²) in [7, 11) is 0. The highest BCUT2D eigenvalue weighted by atomic mass is 35.5. The summed E-state index contributed by atoms with van der Waals surface area (Å²) in [6.45, 7) is 4.02. The molecule has 1 aromatic rings. The molecule has 0 aromatic heterocycles. The molecule has 0 saturated carbocycles. The first-order chi connectivity index (χ1) is 9.51. The Balaban J connectivity index is 2.04. The summed E-state index contributed by atoms with van der Waals surface area (Å²) in [5.74, 6) is 0.300. The lowest BCUT2D eigenvalue weighted by molar-refractivity contribution is -0.133. The Morgan fingerprint density at radius 2 is 2.40 bits per heavy atom. The van der Waals surface area contributed by atoms with Crippen LogP contribution in [0.15, 0.2) is 18.2 Å². The van der Waals surface area contributed by atoms with Crippen LogP contribution in [0.1, 0.15) is 12.0 Å². The Morgan fingerprint density at radius 3 is 3.00 bits per heavy atom. The SMILES string of the molecule is Cc1cc(OC[C@@]2(CC(N)=O)CNCCO2)ccc1Cl. The molecule has 0 bridgehead atoms. The number of nitrogens with one attached hydrogen (secondary N) is 1.